The standard InChI is InChI=1S/C17H21N3/c1-2-12-20(11-1)14-16-3-5-17(6-4-16)19-13-15-7-9-18-10-8-15/h3-10,19H,1-2,11-14H2. The van der Waals surface area contributed by atoms with Crippen LogP contribution in [0.2, 0.25) is 0 Å². The molecule has 1 saturated heterocycles. The molecule has 1 aromatic heterocycles. The summed E-state index contributed by atoms with van der Waals surface area (Å²) < 4.78 is 0. The molecule has 2 aromatic rings. The summed E-state index contributed by atoms with van der Waals surface area (Å²) in [5, 5.41) is 3.44. The van der Waals surface area contributed by atoms with Gasteiger partial charge in [0.25, 0.3) is 0 Å². The van der Waals surface area contributed by atoms with Crippen LogP contribution >= 0.6 is 0 Å². The number of anilines is 1. The van der Waals surface area contributed by atoms with Crippen LogP contribution in [-0.4, -0.2) is 23.0 Å². The number of aromatic nitrogens is 1. The van der Waals surface area contributed by atoms with Crippen molar-refractivity contribution in [2.45, 2.75) is 25.9 Å². The number of nitrogens with one attached hydrogen (secondary N) is 1. The van der Waals surface area contributed by atoms with Crippen LogP contribution in [0.5, 0.6) is 0 Å². The van der Waals surface area contributed by atoms with Gasteiger partial charge in [-0.25, -0.2) is 0 Å². The van der Waals surface area contributed by atoms with E-state index in [1.165, 1.54) is 42.7 Å². The highest BCUT2D eigenvalue weighted by atomic mass is 15.1. The molecule has 1 aromatic carbocycles. The first kappa shape index (κ1) is 13.1. The van der Waals surface area contributed by atoms with Crippen molar-refractivity contribution in [3.63, 3.8) is 0 Å². The van der Waals surface area contributed by atoms with Crippen LogP contribution in [0.3, 0.4) is 0 Å². The molecule has 3 nitrogen and oxygen atoms in total. The Labute approximate surface area is 120 Å². The molecule has 1 aliphatic rings. The third kappa shape index (κ3) is 3.58. The third-order valence-electron chi connectivity index (χ3n) is 3.80. The Hall–Kier alpha value is -1.87. The summed E-state index contributed by atoms with van der Waals surface area (Å²) in [5.74, 6) is 0. The van der Waals surface area contributed by atoms with Crippen molar-refractivity contribution in [1.82, 2.24) is 9.88 Å². The van der Waals surface area contributed by atoms with Crippen LogP contribution in [0.25, 0.3) is 0 Å². The van der Waals surface area contributed by atoms with Gasteiger partial charge in [0.1, 0.15) is 0 Å². The van der Waals surface area contributed by atoms with Crippen molar-refractivity contribution < 1.29 is 0 Å². The Balaban J connectivity index is 1.53. The highest BCUT2D eigenvalue weighted by Gasteiger charge is 2.11. The summed E-state index contributed by atoms with van der Waals surface area (Å²) >= 11 is 0. The molecule has 0 unspecified atom stereocenters. The Kier molecular flexibility index (Phi) is 4.28. The Morgan fingerprint density at radius 1 is 0.900 bits per heavy atom. The number of likely N-dealkylation sites (tertiary alicyclic amines) is 1. The molecule has 0 saturated carbocycles. The molecule has 0 atom stereocenters. The lowest BCUT2D eigenvalue weighted by Gasteiger charge is -2.15. The van der Waals surface area contributed by atoms with E-state index in [1.54, 1.807) is 0 Å². The first-order valence-corrected chi connectivity index (χ1v) is 7.34. The first-order valence-electron chi connectivity index (χ1n) is 7.34. The van der Waals surface area contributed by atoms with E-state index in [1.807, 2.05) is 24.5 Å². The van der Waals surface area contributed by atoms with Crippen LogP contribution in [-0.2, 0) is 13.1 Å². The summed E-state index contributed by atoms with van der Waals surface area (Å²) in [4.78, 5) is 6.56. The van der Waals surface area contributed by atoms with Crippen molar-refractivity contribution in [2.24, 2.45) is 0 Å². The van der Waals surface area contributed by atoms with Gasteiger partial charge in [0.05, 0.1) is 0 Å². The number of pyridine rings is 1. The lowest BCUT2D eigenvalue weighted by molar-refractivity contribution is 0.331. The highest BCUT2D eigenvalue weighted by molar-refractivity contribution is 5.45. The molecular weight excluding hydrogens is 246 g/mol. The number of benzene rings is 1. The van der Waals surface area contributed by atoms with E-state index in [0.29, 0.717) is 0 Å². The Bertz CT molecular complexity index is 516. The largest absolute Gasteiger partial charge is 0.381 e. The molecule has 1 fully saturated rings. The molecule has 1 aliphatic heterocycles. The van der Waals surface area contributed by atoms with E-state index in [0.717, 1.165) is 13.1 Å². The van der Waals surface area contributed by atoms with E-state index in [4.69, 9.17) is 0 Å². The van der Waals surface area contributed by atoms with Gasteiger partial charge >= 0.3 is 0 Å². The van der Waals surface area contributed by atoms with Gasteiger partial charge in [0.2, 0.25) is 0 Å². The third-order valence-corrected chi connectivity index (χ3v) is 3.80. The lowest BCUT2D eigenvalue weighted by atomic mass is 10.2. The average Bonchev–Trinajstić information content (AvgIpc) is 3.01. The van der Waals surface area contributed by atoms with E-state index >= 15 is 0 Å². The molecule has 0 aliphatic carbocycles. The summed E-state index contributed by atoms with van der Waals surface area (Å²) in [6.45, 7) is 4.43. The maximum atomic E-state index is 4.03. The van der Waals surface area contributed by atoms with Crippen molar-refractivity contribution in [3.05, 3.63) is 59.9 Å². The van der Waals surface area contributed by atoms with Gasteiger partial charge in [-0.2, -0.15) is 0 Å². The van der Waals surface area contributed by atoms with Gasteiger partial charge in [-0.3, -0.25) is 9.88 Å². The van der Waals surface area contributed by atoms with Crippen LogP contribution in [0.1, 0.15) is 24.0 Å². The molecule has 0 spiro atoms. The first-order chi connectivity index (χ1) is 9.90. The fraction of sp³-hybridized carbons (Fsp3) is 0.353. The van der Waals surface area contributed by atoms with Gasteiger partial charge in [-0.05, 0) is 61.3 Å². The molecule has 1 N–H and O–H groups in total. The zero-order valence-electron chi connectivity index (χ0n) is 11.8. The maximum Gasteiger partial charge on any atom is 0.0401 e. The number of rotatable bonds is 5. The fourth-order valence-corrected chi connectivity index (χ4v) is 2.63. The SMILES string of the molecule is c1cc(CNc2ccc(CN3CCCC3)cc2)ccn1. The monoisotopic (exact) mass is 267 g/mol. The minimum atomic E-state index is 0.841. The van der Waals surface area contributed by atoms with Crippen molar-refractivity contribution >= 4 is 5.69 Å². The molecule has 2 heterocycles. The van der Waals surface area contributed by atoms with Crippen LogP contribution in [0, 0.1) is 0 Å². The Morgan fingerprint density at radius 3 is 2.30 bits per heavy atom. The number of nitrogens with zero attached hydrogens (tertiary/aromatic N) is 2. The molecule has 0 radical (unpaired) electrons. The van der Waals surface area contributed by atoms with E-state index < -0.39 is 0 Å². The van der Waals surface area contributed by atoms with Gasteiger partial charge in [-0.15, -0.1) is 0 Å². The topological polar surface area (TPSA) is 28.2 Å². The van der Waals surface area contributed by atoms with Crippen LogP contribution in [0.4, 0.5) is 5.69 Å². The zero-order valence-corrected chi connectivity index (χ0v) is 11.8. The molecular formula is C17H21N3. The molecule has 3 heteroatoms. The van der Waals surface area contributed by atoms with Crippen molar-refractivity contribution in [2.75, 3.05) is 18.4 Å². The van der Waals surface area contributed by atoms with Gasteiger partial charge in [-0.1, -0.05) is 12.1 Å². The quantitative estimate of drug-likeness (QED) is 0.901. The van der Waals surface area contributed by atoms with Gasteiger partial charge in [0.15, 0.2) is 0 Å². The second-order valence-electron chi connectivity index (χ2n) is 5.39. The zero-order chi connectivity index (χ0) is 13.6. The second kappa shape index (κ2) is 6.53. The predicted molar refractivity (Wildman–Crippen MR) is 82.5 cm³/mol. The van der Waals surface area contributed by atoms with Gasteiger partial charge < -0.3 is 5.32 Å². The summed E-state index contributed by atoms with van der Waals surface area (Å²) in [6, 6.07) is 12.9. The average molecular weight is 267 g/mol. The van der Waals surface area contributed by atoms with E-state index in [-0.39, 0.29) is 0 Å². The number of hydrogen-bond donors (Lipinski definition) is 1. The fourth-order valence-electron chi connectivity index (χ4n) is 2.63. The summed E-state index contributed by atoms with van der Waals surface area (Å²) in [7, 11) is 0. The lowest BCUT2D eigenvalue weighted by Crippen LogP contribution is -2.18. The molecule has 0 amide bonds. The minimum absolute atomic E-state index is 0.841. The van der Waals surface area contributed by atoms with Crippen molar-refractivity contribution in [3.8, 4) is 0 Å². The van der Waals surface area contributed by atoms with Crippen molar-refractivity contribution in [1.29, 1.82) is 0 Å². The molecule has 0 bridgehead atoms. The highest BCUT2D eigenvalue weighted by Crippen LogP contribution is 2.15. The smallest absolute Gasteiger partial charge is 0.0401 e. The number of hydrogen-bond acceptors (Lipinski definition) is 3. The van der Waals surface area contributed by atoms with Crippen LogP contribution < -0.4 is 5.32 Å². The molecule has 20 heavy (non-hydrogen) atoms. The normalized spacial score (nSPS) is 15.4. The minimum Gasteiger partial charge on any atom is -0.381 e. The van der Waals surface area contributed by atoms with E-state index in [2.05, 4.69) is 39.5 Å². The summed E-state index contributed by atoms with van der Waals surface area (Å²) in [6.07, 6.45) is 6.36. The molecule has 104 valence electrons. The second-order valence-corrected chi connectivity index (χ2v) is 5.39. The Morgan fingerprint density at radius 2 is 1.60 bits per heavy atom. The van der Waals surface area contributed by atoms with E-state index in [9.17, 15) is 0 Å². The maximum absolute atomic E-state index is 4.03. The summed E-state index contributed by atoms with van der Waals surface area (Å²) in [5.41, 5.74) is 3.83. The van der Waals surface area contributed by atoms with Gasteiger partial charge in [0, 0.05) is 31.2 Å². The van der Waals surface area contributed by atoms with Crippen LogP contribution in [0.15, 0.2) is 48.8 Å². The predicted octanol–water partition coefficient (Wildman–Crippen LogP) is 3.29. The molecule has 3 rings (SSSR count).